The third-order valence-electron chi connectivity index (χ3n) is 5.58. The van der Waals surface area contributed by atoms with Crippen LogP contribution in [0.2, 0.25) is 0 Å². The van der Waals surface area contributed by atoms with E-state index in [1.807, 2.05) is 19.1 Å². The number of rotatable bonds is 7. The maximum absolute atomic E-state index is 13.5. The molecule has 1 aliphatic heterocycles. The van der Waals surface area contributed by atoms with E-state index in [-0.39, 0.29) is 30.3 Å². The minimum absolute atomic E-state index is 0.159. The number of ether oxygens (including phenoxy) is 1. The molecular formula is C24H30FN3O5S. The number of carbonyl (C=O) groups excluding carboxylic acids is 2. The summed E-state index contributed by atoms with van der Waals surface area (Å²) >= 11 is 0. The van der Waals surface area contributed by atoms with Crippen molar-refractivity contribution in [3.05, 3.63) is 64.5 Å². The van der Waals surface area contributed by atoms with Gasteiger partial charge in [0, 0.05) is 13.1 Å². The van der Waals surface area contributed by atoms with Gasteiger partial charge in [-0.05, 0) is 62.4 Å². The maximum atomic E-state index is 13.5. The van der Waals surface area contributed by atoms with Gasteiger partial charge in [0.05, 0.1) is 18.0 Å². The van der Waals surface area contributed by atoms with Crippen LogP contribution in [0.4, 0.5) is 4.39 Å². The van der Waals surface area contributed by atoms with Crippen LogP contribution in [0, 0.1) is 26.6 Å². The molecule has 2 aromatic carbocycles. The van der Waals surface area contributed by atoms with Gasteiger partial charge >= 0.3 is 11.8 Å². The fraction of sp³-hybridized carbons (Fsp3) is 0.417. The molecule has 0 unspecified atom stereocenters. The second kappa shape index (κ2) is 11.1. The Morgan fingerprint density at radius 1 is 1.06 bits per heavy atom. The highest BCUT2D eigenvalue weighted by atomic mass is 32.2. The monoisotopic (exact) mass is 491 g/mol. The van der Waals surface area contributed by atoms with E-state index in [1.54, 1.807) is 26.0 Å². The zero-order chi connectivity index (χ0) is 24.9. The summed E-state index contributed by atoms with van der Waals surface area (Å²) in [5.41, 5.74) is 3.08. The van der Waals surface area contributed by atoms with Crippen molar-refractivity contribution in [2.45, 2.75) is 44.7 Å². The lowest BCUT2D eigenvalue weighted by Crippen LogP contribution is -2.53. The van der Waals surface area contributed by atoms with E-state index in [2.05, 4.69) is 10.6 Å². The van der Waals surface area contributed by atoms with Crippen LogP contribution in [0.5, 0.6) is 0 Å². The third-order valence-corrected chi connectivity index (χ3v) is 7.78. The average Bonchev–Trinajstić information content (AvgIpc) is 2.78. The second-order valence-corrected chi connectivity index (χ2v) is 10.2. The molecular weight excluding hydrogens is 461 g/mol. The van der Waals surface area contributed by atoms with Gasteiger partial charge in [0.1, 0.15) is 12.0 Å². The first kappa shape index (κ1) is 25.8. The van der Waals surface area contributed by atoms with Gasteiger partial charge in [-0.2, -0.15) is 4.31 Å². The van der Waals surface area contributed by atoms with Gasteiger partial charge in [-0.25, -0.2) is 12.8 Å². The molecule has 0 bridgehead atoms. The van der Waals surface area contributed by atoms with Gasteiger partial charge in [0.2, 0.25) is 10.0 Å². The fourth-order valence-corrected chi connectivity index (χ4v) is 6.09. The molecule has 0 spiro atoms. The van der Waals surface area contributed by atoms with Gasteiger partial charge in [-0.15, -0.1) is 0 Å². The van der Waals surface area contributed by atoms with Crippen molar-refractivity contribution in [1.29, 1.82) is 0 Å². The molecule has 1 fully saturated rings. The van der Waals surface area contributed by atoms with E-state index >= 15 is 0 Å². The Morgan fingerprint density at radius 2 is 1.68 bits per heavy atom. The highest BCUT2D eigenvalue weighted by Gasteiger charge is 2.36. The molecule has 0 saturated carbocycles. The highest BCUT2D eigenvalue weighted by molar-refractivity contribution is 7.89. The number of hydrogen-bond donors (Lipinski definition) is 2. The molecule has 2 aromatic rings. The molecule has 8 nitrogen and oxygen atoms in total. The first-order valence-corrected chi connectivity index (χ1v) is 12.6. The third kappa shape index (κ3) is 6.19. The number of benzene rings is 2. The van der Waals surface area contributed by atoms with Crippen molar-refractivity contribution in [2.75, 3.05) is 26.2 Å². The quantitative estimate of drug-likeness (QED) is 0.577. The number of amides is 2. The molecule has 1 heterocycles. The van der Waals surface area contributed by atoms with Crippen molar-refractivity contribution in [1.82, 2.24) is 14.9 Å². The summed E-state index contributed by atoms with van der Waals surface area (Å²) in [6.07, 6.45) is 0.0407. The summed E-state index contributed by atoms with van der Waals surface area (Å²) in [7, 11) is -3.88. The lowest BCUT2D eigenvalue weighted by molar-refractivity contribution is -0.140. The van der Waals surface area contributed by atoms with Crippen molar-refractivity contribution >= 4 is 21.8 Å². The lowest BCUT2D eigenvalue weighted by atomic mass is 10.1. The van der Waals surface area contributed by atoms with E-state index in [1.165, 1.54) is 16.4 Å². The lowest BCUT2D eigenvalue weighted by Gasteiger charge is -2.35. The number of nitrogens with one attached hydrogen (secondary N) is 2. The standard InChI is InChI=1S/C24H30FN3O5S/c1-16-13-17(2)22(18(3)14-16)34(31,32)28-11-4-12-33-21(28)15-27-24(30)23(29)26-10-9-19-5-7-20(25)8-6-19/h5-8,13-14,21H,4,9-12,15H2,1-3H3,(H,26,29)(H,27,30)/t21-/m0/s1. The molecule has 0 radical (unpaired) electrons. The molecule has 1 saturated heterocycles. The van der Waals surface area contributed by atoms with E-state index in [9.17, 15) is 22.4 Å². The molecule has 1 aliphatic rings. The minimum Gasteiger partial charge on any atom is -0.360 e. The van der Waals surface area contributed by atoms with Crippen LogP contribution in [0.25, 0.3) is 0 Å². The molecule has 184 valence electrons. The van der Waals surface area contributed by atoms with Crippen LogP contribution in [0.3, 0.4) is 0 Å². The topological polar surface area (TPSA) is 105 Å². The number of carbonyl (C=O) groups is 2. The normalized spacial score (nSPS) is 16.8. The highest BCUT2D eigenvalue weighted by Crippen LogP contribution is 2.28. The van der Waals surface area contributed by atoms with Crippen LogP contribution in [0.15, 0.2) is 41.3 Å². The molecule has 2 amide bonds. The summed E-state index contributed by atoms with van der Waals surface area (Å²) < 4.78 is 46.8. The van der Waals surface area contributed by atoms with Crippen LogP contribution in [0.1, 0.15) is 28.7 Å². The number of sulfonamides is 1. The summed E-state index contributed by atoms with van der Waals surface area (Å²) in [4.78, 5) is 24.6. The summed E-state index contributed by atoms with van der Waals surface area (Å²) in [6.45, 7) is 6.05. The predicted octanol–water partition coefficient (Wildman–Crippen LogP) is 1.96. The zero-order valence-corrected chi connectivity index (χ0v) is 20.4. The Bertz CT molecular complexity index is 1130. The molecule has 3 rings (SSSR count). The second-order valence-electron chi connectivity index (χ2n) is 8.36. The van der Waals surface area contributed by atoms with Crippen molar-refractivity contribution in [3.63, 3.8) is 0 Å². The Labute approximate surface area is 199 Å². The summed E-state index contributed by atoms with van der Waals surface area (Å²) in [5.74, 6) is -2.06. The van der Waals surface area contributed by atoms with Gasteiger partial charge in [0.25, 0.3) is 0 Å². The summed E-state index contributed by atoms with van der Waals surface area (Å²) in [6, 6.07) is 9.50. The molecule has 34 heavy (non-hydrogen) atoms. The molecule has 1 atom stereocenters. The maximum Gasteiger partial charge on any atom is 0.309 e. The fourth-order valence-electron chi connectivity index (χ4n) is 4.11. The van der Waals surface area contributed by atoms with Crippen LogP contribution in [-0.2, 0) is 30.8 Å². The zero-order valence-electron chi connectivity index (χ0n) is 19.6. The minimum atomic E-state index is -3.88. The molecule has 10 heteroatoms. The number of halogens is 1. The summed E-state index contributed by atoms with van der Waals surface area (Å²) in [5, 5.41) is 4.97. The van der Waals surface area contributed by atoms with Gasteiger partial charge in [-0.3, -0.25) is 9.59 Å². The van der Waals surface area contributed by atoms with Gasteiger partial charge in [0.15, 0.2) is 0 Å². The molecule has 0 aromatic heterocycles. The van der Waals surface area contributed by atoms with Crippen LogP contribution in [-0.4, -0.2) is 57.0 Å². The Balaban J connectivity index is 1.60. The first-order chi connectivity index (χ1) is 16.1. The average molecular weight is 492 g/mol. The van der Waals surface area contributed by atoms with Crippen molar-refractivity contribution in [3.8, 4) is 0 Å². The van der Waals surface area contributed by atoms with E-state index in [0.717, 1.165) is 11.1 Å². The number of aryl methyl sites for hydroxylation is 3. The van der Waals surface area contributed by atoms with E-state index in [4.69, 9.17) is 4.74 Å². The Morgan fingerprint density at radius 3 is 2.32 bits per heavy atom. The first-order valence-electron chi connectivity index (χ1n) is 11.1. The van der Waals surface area contributed by atoms with E-state index in [0.29, 0.717) is 30.6 Å². The largest absolute Gasteiger partial charge is 0.360 e. The van der Waals surface area contributed by atoms with Crippen LogP contribution < -0.4 is 10.6 Å². The molecule has 0 aliphatic carbocycles. The van der Waals surface area contributed by atoms with Crippen molar-refractivity contribution in [2.24, 2.45) is 0 Å². The van der Waals surface area contributed by atoms with Gasteiger partial charge in [-0.1, -0.05) is 29.8 Å². The molecule has 2 N–H and O–H groups in total. The predicted molar refractivity (Wildman–Crippen MR) is 125 cm³/mol. The number of hydrogen-bond acceptors (Lipinski definition) is 5. The Hall–Kier alpha value is -2.82. The van der Waals surface area contributed by atoms with Gasteiger partial charge < -0.3 is 15.4 Å². The van der Waals surface area contributed by atoms with Crippen molar-refractivity contribution < 1.29 is 27.1 Å². The number of nitrogens with zero attached hydrogens (tertiary/aromatic N) is 1. The van der Waals surface area contributed by atoms with E-state index < -0.39 is 28.1 Å². The van der Waals surface area contributed by atoms with Crippen LogP contribution >= 0.6 is 0 Å². The Kier molecular flexibility index (Phi) is 8.40. The smallest absolute Gasteiger partial charge is 0.309 e. The SMILES string of the molecule is Cc1cc(C)c(S(=O)(=O)N2CCCO[C@H]2CNC(=O)C(=O)NCCc2ccc(F)cc2)c(C)c1.